The maximum absolute atomic E-state index is 13.3. The molecule has 3 aliphatic heterocycles. The van der Waals surface area contributed by atoms with Crippen LogP contribution >= 0.6 is 0 Å². The van der Waals surface area contributed by atoms with Crippen LogP contribution in [0.2, 0.25) is 0 Å². The summed E-state index contributed by atoms with van der Waals surface area (Å²) in [5.74, 6) is -2.81. The maximum Gasteiger partial charge on any atom is 0.250 e. The summed E-state index contributed by atoms with van der Waals surface area (Å²) >= 11 is 0. The number of carbonyl (C=O) groups excluding carboxylic acids is 3. The van der Waals surface area contributed by atoms with E-state index in [9.17, 15) is 19.5 Å². The zero-order valence-corrected chi connectivity index (χ0v) is 16.2. The van der Waals surface area contributed by atoms with Gasteiger partial charge in [-0.25, -0.2) is 0 Å². The molecule has 0 aliphatic carbocycles. The molecule has 3 heterocycles. The van der Waals surface area contributed by atoms with Gasteiger partial charge in [0.1, 0.15) is 5.54 Å². The fraction of sp³-hybridized carbons (Fsp3) is 0.550. The summed E-state index contributed by atoms with van der Waals surface area (Å²) < 4.78 is 5.03. The van der Waals surface area contributed by atoms with E-state index in [1.807, 2.05) is 25.1 Å². The molecule has 1 spiro atoms. The summed E-state index contributed by atoms with van der Waals surface area (Å²) in [7, 11) is 1.50. The minimum absolute atomic E-state index is 0.132. The highest BCUT2D eigenvalue weighted by Crippen LogP contribution is 2.53. The molecule has 0 aromatic heterocycles. The fourth-order valence-electron chi connectivity index (χ4n) is 4.99. The molecule has 1 aromatic carbocycles. The highest BCUT2D eigenvalue weighted by Gasteiger charge is 2.71. The largest absolute Gasteiger partial charge is 0.392 e. The number of aliphatic hydroxyl groups is 1. The minimum Gasteiger partial charge on any atom is -0.392 e. The summed E-state index contributed by atoms with van der Waals surface area (Å²) in [5.41, 5.74) is 0.976. The van der Waals surface area contributed by atoms with Crippen molar-refractivity contribution in [2.24, 2.45) is 11.8 Å². The zero-order valence-electron chi connectivity index (χ0n) is 16.2. The molecule has 8 nitrogen and oxygen atoms in total. The Hall–Kier alpha value is -2.29. The number of likely N-dealkylation sites (tertiary alicyclic amines) is 1. The molecule has 3 amide bonds. The third-order valence-corrected chi connectivity index (χ3v) is 6.28. The second-order valence-corrected chi connectivity index (χ2v) is 7.69. The number of nitrogens with one attached hydrogen (secondary N) is 2. The number of aliphatic hydroxyl groups excluding tert-OH is 1. The monoisotopic (exact) mass is 387 g/mol. The lowest BCUT2D eigenvalue weighted by Gasteiger charge is -2.30. The van der Waals surface area contributed by atoms with Gasteiger partial charge < -0.3 is 15.2 Å². The van der Waals surface area contributed by atoms with Gasteiger partial charge in [0, 0.05) is 24.4 Å². The third-order valence-electron chi connectivity index (χ3n) is 6.28. The predicted molar refractivity (Wildman–Crippen MR) is 100 cm³/mol. The molecular formula is C20H25N3O5. The Balaban J connectivity index is 1.87. The third kappa shape index (κ3) is 2.31. The molecule has 1 aromatic rings. The lowest BCUT2D eigenvalue weighted by Crippen LogP contribution is -2.55. The highest BCUT2D eigenvalue weighted by atomic mass is 16.5. The van der Waals surface area contributed by atoms with Crippen molar-refractivity contribution in [3.05, 3.63) is 29.3 Å². The van der Waals surface area contributed by atoms with Crippen molar-refractivity contribution in [1.29, 1.82) is 0 Å². The molecule has 150 valence electrons. The van der Waals surface area contributed by atoms with Gasteiger partial charge in [0.2, 0.25) is 17.7 Å². The van der Waals surface area contributed by atoms with Gasteiger partial charge in [-0.15, -0.1) is 0 Å². The SMILES string of the molecule is CCc1cccc2c1NC(=O)[C@@]21N[C@H]([C@H](C)O)[C@H]2C(=O)N(CCOC)C(=O)[C@H]21. The number of aryl methyl sites for hydroxylation is 1. The molecule has 2 saturated heterocycles. The first-order valence-electron chi connectivity index (χ1n) is 9.62. The quantitative estimate of drug-likeness (QED) is 0.614. The van der Waals surface area contributed by atoms with Gasteiger partial charge in [0.15, 0.2) is 0 Å². The average Bonchev–Trinajstić information content (AvgIpc) is 3.26. The van der Waals surface area contributed by atoms with Gasteiger partial charge in [0.05, 0.1) is 31.1 Å². The van der Waals surface area contributed by atoms with E-state index in [1.165, 1.54) is 12.0 Å². The number of rotatable bonds is 5. The molecule has 3 aliphatic rings. The van der Waals surface area contributed by atoms with Crippen LogP contribution in [0.3, 0.4) is 0 Å². The Morgan fingerprint density at radius 1 is 1.29 bits per heavy atom. The summed E-state index contributed by atoms with van der Waals surface area (Å²) in [6.07, 6.45) is -0.183. The smallest absolute Gasteiger partial charge is 0.250 e. The van der Waals surface area contributed by atoms with Crippen LogP contribution in [0.15, 0.2) is 18.2 Å². The number of carbonyl (C=O) groups is 3. The number of nitrogens with zero attached hydrogens (tertiary/aromatic N) is 1. The van der Waals surface area contributed by atoms with Crippen LogP contribution in [0.25, 0.3) is 0 Å². The van der Waals surface area contributed by atoms with E-state index in [1.54, 1.807) is 6.92 Å². The van der Waals surface area contributed by atoms with Gasteiger partial charge >= 0.3 is 0 Å². The number of anilines is 1. The zero-order chi connectivity index (χ0) is 20.2. The first-order valence-corrected chi connectivity index (χ1v) is 9.62. The molecule has 3 N–H and O–H groups in total. The number of hydrogen-bond acceptors (Lipinski definition) is 6. The first kappa shape index (κ1) is 19.0. The van der Waals surface area contributed by atoms with Crippen molar-refractivity contribution in [2.45, 2.75) is 38.0 Å². The van der Waals surface area contributed by atoms with Crippen molar-refractivity contribution in [3.63, 3.8) is 0 Å². The van der Waals surface area contributed by atoms with E-state index in [0.29, 0.717) is 11.3 Å². The van der Waals surface area contributed by atoms with Gasteiger partial charge in [-0.05, 0) is 18.9 Å². The van der Waals surface area contributed by atoms with Gasteiger partial charge in [-0.1, -0.05) is 25.1 Å². The summed E-state index contributed by atoms with van der Waals surface area (Å²) in [6, 6.07) is 4.91. The number of amides is 3. The van der Waals surface area contributed by atoms with Crippen LogP contribution in [0.4, 0.5) is 5.69 Å². The standard InChI is InChI=1S/C20H25N3O5/c1-4-11-6-5-7-12-16(11)21-19(27)20(12)14-13(15(22-20)10(2)24)17(25)23(18(14)26)8-9-28-3/h5-7,10,13-15,22,24H,4,8-9H2,1-3H3,(H,21,27)/t10-,13-,14-,15+,20+/m0/s1. The van der Waals surface area contributed by atoms with Crippen molar-refractivity contribution in [3.8, 4) is 0 Å². The van der Waals surface area contributed by atoms with Crippen molar-refractivity contribution < 1.29 is 24.2 Å². The van der Waals surface area contributed by atoms with Crippen molar-refractivity contribution in [2.75, 3.05) is 25.6 Å². The van der Waals surface area contributed by atoms with E-state index in [4.69, 9.17) is 4.74 Å². The van der Waals surface area contributed by atoms with Gasteiger partial charge in [-0.3, -0.25) is 24.6 Å². The van der Waals surface area contributed by atoms with Gasteiger partial charge in [0.25, 0.3) is 0 Å². The Morgan fingerprint density at radius 2 is 2.04 bits per heavy atom. The second kappa shape index (κ2) is 6.65. The van der Waals surface area contributed by atoms with Crippen molar-refractivity contribution >= 4 is 23.4 Å². The normalized spacial score (nSPS) is 32.1. The summed E-state index contributed by atoms with van der Waals surface area (Å²) in [4.78, 5) is 40.8. The molecule has 28 heavy (non-hydrogen) atoms. The van der Waals surface area contributed by atoms with Crippen LogP contribution in [-0.4, -0.2) is 60.1 Å². The first-order chi connectivity index (χ1) is 13.4. The molecule has 2 fully saturated rings. The Labute approximate surface area is 163 Å². The van der Waals surface area contributed by atoms with Crippen LogP contribution in [0.5, 0.6) is 0 Å². The second-order valence-electron chi connectivity index (χ2n) is 7.69. The molecule has 0 radical (unpaired) electrons. The number of fused-ring (bicyclic) bond motifs is 4. The number of para-hydroxylation sites is 1. The lowest BCUT2D eigenvalue weighted by atomic mass is 9.76. The molecule has 0 saturated carbocycles. The average molecular weight is 387 g/mol. The number of imide groups is 1. The number of methoxy groups -OCH3 is 1. The van der Waals surface area contributed by atoms with Crippen LogP contribution in [-0.2, 0) is 31.1 Å². The molecule has 0 bridgehead atoms. The topological polar surface area (TPSA) is 108 Å². The summed E-state index contributed by atoms with van der Waals surface area (Å²) in [6.45, 7) is 3.92. The van der Waals surface area contributed by atoms with Crippen LogP contribution in [0, 0.1) is 11.8 Å². The molecule has 0 unspecified atom stereocenters. The van der Waals surface area contributed by atoms with Gasteiger partial charge in [-0.2, -0.15) is 0 Å². The minimum atomic E-state index is -1.36. The van der Waals surface area contributed by atoms with E-state index < -0.39 is 35.4 Å². The molecule has 5 atom stereocenters. The highest BCUT2D eigenvalue weighted by molar-refractivity contribution is 6.15. The van der Waals surface area contributed by atoms with E-state index in [0.717, 1.165) is 12.0 Å². The Kier molecular flexibility index (Phi) is 4.52. The number of ether oxygens (including phenoxy) is 1. The van der Waals surface area contributed by atoms with E-state index >= 15 is 0 Å². The summed E-state index contributed by atoms with van der Waals surface area (Å²) in [5, 5.41) is 16.5. The van der Waals surface area contributed by atoms with Crippen molar-refractivity contribution in [1.82, 2.24) is 10.2 Å². The predicted octanol–water partition coefficient (Wildman–Crippen LogP) is -0.00340. The number of hydrogen-bond donors (Lipinski definition) is 3. The van der Waals surface area contributed by atoms with E-state index in [-0.39, 0.29) is 25.0 Å². The molecular weight excluding hydrogens is 362 g/mol. The Bertz CT molecular complexity index is 854. The lowest BCUT2D eigenvalue weighted by molar-refractivity contribution is -0.143. The maximum atomic E-state index is 13.3. The molecule has 8 heteroatoms. The fourth-order valence-corrected chi connectivity index (χ4v) is 4.99. The number of benzene rings is 1. The van der Waals surface area contributed by atoms with Crippen LogP contribution in [0.1, 0.15) is 25.0 Å². The van der Waals surface area contributed by atoms with Crippen LogP contribution < -0.4 is 10.6 Å². The Morgan fingerprint density at radius 3 is 2.68 bits per heavy atom. The molecule has 4 rings (SSSR count). The van der Waals surface area contributed by atoms with E-state index in [2.05, 4.69) is 10.6 Å².